The van der Waals surface area contributed by atoms with E-state index in [0.717, 1.165) is 4.47 Å². The summed E-state index contributed by atoms with van der Waals surface area (Å²) in [7, 11) is 2.41. The van der Waals surface area contributed by atoms with E-state index in [0.29, 0.717) is 5.56 Å². The number of amidine groups is 1. The van der Waals surface area contributed by atoms with Crippen molar-refractivity contribution in [2.75, 3.05) is 14.2 Å². The van der Waals surface area contributed by atoms with Crippen molar-refractivity contribution >= 4 is 34.0 Å². The quantitative estimate of drug-likeness (QED) is 0.637. The van der Waals surface area contributed by atoms with Gasteiger partial charge in [-0.05, 0) is 12.1 Å². The number of alkyl carbamates (subject to hydrolysis) is 1. The van der Waals surface area contributed by atoms with Crippen LogP contribution in [0.5, 0.6) is 0 Å². The number of nitrogens with zero attached hydrogens (tertiary/aromatic N) is 1. The van der Waals surface area contributed by atoms with E-state index in [2.05, 4.69) is 35.7 Å². The van der Waals surface area contributed by atoms with Gasteiger partial charge in [0.1, 0.15) is 5.84 Å². The molecule has 0 aliphatic rings. The van der Waals surface area contributed by atoms with Crippen LogP contribution < -0.4 is 5.32 Å². The molecule has 0 aromatic heterocycles. The number of carbonyl (C=O) groups excluding carboxylic acids is 2. The van der Waals surface area contributed by atoms with E-state index in [-0.39, 0.29) is 5.84 Å². The fraction of sp³-hybridized carbons (Fsp3) is 0.182. The molecule has 1 rings (SSSR count). The summed E-state index contributed by atoms with van der Waals surface area (Å²) in [5, 5.41) is 2.34. The minimum atomic E-state index is -0.818. The second-order valence-corrected chi connectivity index (χ2v) is 3.97. The number of nitrogens with one attached hydrogen (secondary N) is 1. The smallest absolute Gasteiger partial charge is 0.435 e. The minimum Gasteiger partial charge on any atom is -0.453 e. The van der Waals surface area contributed by atoms with E-state index in [1.54, 1.807) is 24.3 Å². The fourth-order valence-corrected chi connectivity index (χ4v) is 1.48. The molecule has 0 saturated heterocycles. The van der Waals surface area contributed by atoms with Gasteiger partial charge in [-0.1, -0.05) is 28.1 Å². The molecule has 0 aliphatic carbocycles. The normalized spacial score (nSPS) is 10.7. The average Bonchev–Trinajstić information content (AvgIpc) is 2.37. The molecule has 0 radical (unpaired) electrons. The predicted molar refractivity (Wildman–Crippen MR) is 68.6 cm³/mol. The Hall–Kier alpha value is -1.89. The van der Waals surface area contributed by atoms with Crippen LogP contribution in [0.2, 0.25) is 0 Å². The summed E-state index contributed by atoms with van der Waals surface area (Å²) < 4.78 is 9.65. The van der Waals surface area contributed by atoms with E-state index in [4.69, 9.17) is 0 Å². The summed E-state index contributed by atoms with van der Waals surface area (Å²) in [5.74, 6) is 0.0509. The fourth-order valence-electron chi connectivity index (χ4n) is 1.09. The van der Waals surface area contributed by atoms with Crippen LogP contribution in [0.3, 0.4) is 0 Å². The number of halogens is 1. The first kappa shape index (κ1) is 14.2. The zero-order valence-electron chi connectivity index (χ0n) is 9.77. The number of carbonyl (C=O) groups is 2. The molecule has 2 amide bonds. The van der Waals surface area contributed by atoms with Gasteiger partial charge in [0, 0.05) is 10.0 Å². The van der Waals surface area contributed by atoms with E-state index in [1.165, 1.54) is 14.2 Å². The monoisotopic (exact) mass is 314 g/mol. The lowest BCUT2D eigenvalue weighted by molar-refractivity contribution is 0.176. The Kier molecular flexibility index (Phi) is 5.31. The van der Waals surface area contributed by atoms with E-state index < -0.39 is 12.2 Å². The number of hydrogen-bond donors (Lipinski definition) is 1. The molecule has 0 heterocycles. The van der Waals surface area contributed by atoms with Crippen LogP contribution in [0.25, 0.3) is 0 Å². The van der Waals surface area contributed by atoms with Crippen molar-refractivity contribution in [3.63, 3.8) is 0 Å². The van der Waals surface area contributed by atoms with Crippen molar-refractivity contribution in [3.8, 4) is 0 Å². The first-order valence-electron chi connectivity index (χ1n) is 4.84. The van der Waals surface area contributed by atoms with Crippen LogP contribution in [0.1, 0.15) is 5.56 Å². The summed E-state index contributed by atoms with van der Waals surface area (Å²) in [5.41, 5.74) is 0.542. The van der Waals surface area contributed by atoms with E-state index in [9.17, 15) is 9.59 Å². The van der Waals surface area contributed by atoms with Crippen LogP contribution >= 0.6 is 15.9 Å². The highest BCUT2D eigenvalue weighted by Gasteiger charge is 2.11. The Morgan fingerprint density at radius 1 is 1.28 bits per heavy atom. The van der Waals surface area contributed by atoms with Crippen molar-refractivity contribution in [2.45, 2.75) is 0 Å². The maximum absolute atomic E-state index is 11.2. The highest BCUT2D eigenvalue weighted by atomic mass is 79.9. The van der Waals surface area contributed by atoms with Gasteiger partial charge in [0.25, 0.3) is 0 Å². The number of aliphatic imine (C=N–C) groups is 1. The first-order valence-corrected chi connectivity index (χ1v) is 5.63. The highest BCUT2D eigenvalue weighted by molar-refractivity contribution is 9.10. The summed E-state index contributed by atoms with van der Waals surface area (Å²) >= 11 is 3.28. The third kappa shape index (κ3) is 4.17. The highest BCUT2D eigenvalue weighted by Crippen LogP contribution is 2.12. The number of hydrogen-bond acceptors (Lipinski definition) is 4. The molecule has 0 fully saturated rings. The van der Waals surface area contributed by atoms with Gasteiger partial charge in [-0.2, -0.15) is 4.99 Å². The molecule has 0 aliphatic heterocycles. The number of benzene rings is 1. The molecular weight excluding hydrogens is 304 g/mol. The standard InChI is InChI=1S/C11H11BrN2O4/c1-17-10(15)13-9(14-11(16)18-2)7-4-3-5-8(12)6-7/h3-6H,1-2H3,(H,13,14,15,16). The maximum atomic E-state index is 11.2. The summed E-state index contributed by atoms with van der Waals surface area (Å²) in [6, 6.07) is 6.92. The third-order valence-corrected chi connectivity index (χ3v) is 2.37. The molecular formula is C11H11BrN2O4. The number of amides is 2. The van der Waals surface area contributed by atoms with Crippen LogP contribution in [0, 0.1) is 0 Å². The molecule has 1 aromatic rings. The Balaban J connectivity index is 3.08. The summed E-state index contributed by atoms with van der Waals surface area (Å²) in [6.45, 7) is 0. The van der Waals surface area contributed by atoms with Crippen LogP contribution in [-0.2, 0) is 9.47 Å². The van der Waals surface area contributed by atoms with Crippen molar-refractivity contribution in [1.82, 2.24) is 5.32 Å². The van der Waals surface area contributed by atoms with Gasteiger partial charge < -0.3 is 9.47 Å². The second kappa shape index (κ2) is 6.75. The third-order valence-electron chi connectivity index (χ3n) is 1.88. The lowest BCUT2D eigenvalue weighted by Gasteiger charge is -2.07. The van der Waals surface area contributed by atoms with Gasteiger partial charge in [0.2, 0.25) is 0 Å². The minimum absolute atomic E-state index is 0.0509. The molecule has 6 nitrogen and oxygen atoms in total. The van der Waals surface area contributed by atoms with Gasteiger partial charge in [0.05, 0.1) is 14.2 Å². The zero-order valence-corrected chi connectivity index (χ0v) is 11.4. The Bertz CT molecular complexity index is 488. The molecule has 0 spiro atoms. The molecule has 0 bridgehead atoms. The second-order valence-electron chi connectivity index (χ2n) is 3.06. The molecule has 0 unspecified atom stereocenters. The maximum Gasteiger partial charge on any atom is 0.435 e. The first-order chi connectivity index (χ1) is 8.56. The van der Waals surface area contributed by atoms with Gasteiger partial charge in [-0.15, -0.1) is 0 Å². The molecule has 96 valence electrons. The molecule has 1 N–H and O–H groups in total. The van der Waals surface area contributed by atoms with Crippen molar-refractivity contribution in [2.24, 2.45) is 4.99 Å². The van der Waals surface area contributed by atoms with Crippen LogP contribution in [0.4, 0.5) is 9.59 Å². The van der Waals surface area contributed by atoms with E-state index in [1.807, 2.05) is 0 Å². The number of methoxy groups -OCH3 is 2. The molecule has 0 atom stereocenters. The van der Waals surface area contributed by atoms with Crippen LogP contribution in [-0.4, -0.2) is 32.2 Å². The zero-order chi connectivity index (χ0) is 13.5. The Morgan fingerprint density at radius 3 is 2.56 bits per heavy atom. The SMILES string of the molecule is COC(=O)N=C(NC(=O)OC)c1cccc(Br)c1. The van der Waals surface area contributed by atoms with Gasteiger partial charge in [-0.3, -0.25) is 5.32 Å². The molecule has 1 aromatic carbocycles. The lowest BCUT2D eigenvalue weighted by atomic mass is 10.2. The number of rotatable bonds is 1. The molecule has 0 saturated carbocycles. The topological polar surface area (TPSA) is 77.0 Å². The van der Waals surface area contributed by atoms with Crippen molar-refractivity contribution in [3.05, 3.63) is 34.3 Å². The average molecular weight is 315 g/mol. The number of ether oxygens (including phenoxy) is 2. The Labute approximate surface area is 112 Å². The Morgan fingerprint density at radius 2 is 2.00 bits per heavy atom. The molecule has 7 heteroatoms. The van der Waals surface area contributed by atoms with Crippen molar-refractivity contribution < 1.29 is 19.1 Å². The predicted octanol–water partition coefficient (Wildman–Crippen LogP) is 2.32. The van der Waals surface area contributed by atoms with Gasteiger partial charge in [0.15, 0.2) is 0 Å². The van der Waals surface area contributed by atoms with Gasteiger partial charge >= 0.3 is 12.2 Å². The van der Waals surface area contributed by atoms with E-state index >= 15 is 0 Å². The summed E-state index contributed by atoms with van der Waals surface area (Å²) in [4.78, 5) is 25.9. The van der Waals surface area contributed by atoms with Crippen LogP contribution in [0.15, 0.2) is 33.7 Å². The lowest BCUT2D eigenvalue weighted by Crippen LogP contribution is -2.31. The van der Waals surface area contributed by atoms with Crippen molar-refractivity contribution in [1.29, 1.82) is 0 Å². The molecule has 18 heavy (non-hydrogen) atoms. The van der Waals surface area contributed by atoms with Gasteiger partial charge in [-0.25, -0.2) is 9.59 Å². The summed E-state index contributed by atoms with van der Waals surface area (Å²) in [6.07, 6.45) is -1.54. The largest absolute Gasteiger partial charge is 0.453 e.